The number of non-ortho nitro benzene ring substituents is 1. The molecule has 0 saturated heterocycles. The van der Waals surface area contributed by atoms with Crippen LogP contribution in [0.1, 0.15) is 32.6 Å². The zero-order valence-corrected chi connectivity index (χ0v) is 13.5. The Kier molecular flexibility index (Phi) is 4.51. The molecule has 0 aromatic heterocycles. The van der Waals surface area contributed by atoms with Gasteiger partial charge in [0.25, 0.3) is 5.69 Å². The van der Waals surface area contributed by atoms with E-state index < -0.39 is 16.7 Å². The number of hydrogen-bond acceptors (Lipinski definition) is 4. The third-order valence-corrected chi connectivity index (χ3v) is 5.31. The number of rotatable bonds is 4. The summed E-state index contributed by atoms with van der Waals surface area (Å²) in [6, 6.07) is 5.49. The number of nitrogens with one attached hydrogen (secondary N) is 2. The van der Waals surface area contributed by atoms with Gasteiger partial charge in [-0.05, 0) is 50.0 Å². The van der Waals surface area contributed by atoms with Crippen molar-refractivity contribution in [2.45, 2.75) is 38.6 Å². The molecule has 2 aliphatic rings. The van der Waals surface area contributed by atoms with E-state index in [0.717, 1.165) is 12.3 Å². The predicted octanol–water partition coefficient (Wildman–Crippen LogP) is 2.47. The van der Waals surface area contributed by atoms with E-state index in [9.17, 15) is 19.7 Å². The van der Waals surface area contributed by atoms with Gasteiger partial charge in [-0.1, -0.05) is 12.5 Å². The van der Waals surface area contributed by atoms with Gasteiger partial charge >= 0.3 is 11.8 Å². The second kappa shape index (κ2) is 6.59. The minimum absolute atomic E-state index is 0.0383. The van der Waals surface area contributed by atoms with Gasteiger partial charge in [0.05, 0.1) is 4.92 Å². The summed E-state index contributed by atoms with van der Waals surface area (Å²) in [5.41, 5.74) is 0.0977. The minimum atomic E-state index is -0.800. The lowest BCUT2D eigenvalue weighted by Crippen LogP contribution is -2.45. The van der Waals surface area contributed by atoms with Crippen LogP contribution < -0.4 is 10.6 Å². The Morgan fingerprint density at radius 1 is 1.25 bits per heavy atom. The van der Waals surface area contributed by atoms with Gasteiger partial charge < -0.3 is 10.6 Å². The second-order valence-electron chi connectivity index (χ2n) is 6.86. The highest BCUT2D eigenvalue weighted by Crippen LogP contribution is 2.49. The number of fused-ring (bicyclic) bond motifs is 2. The van der Waals surface area contributed by atoms with E-state index in [1.807, 2.05) is 6.92 Å². The Bertz CT molecular complexity index is 676. The molecule has 7 heteroatoms. The molecule has 0 radical (unpaired) electrons. The molecule has 2 saturated carbocycles. The minimum Gasteiger partial charge on any atom is -0.345 e. The first-order valence-corrected chi connectivity index (χ1v) is 8.30. The van der Waals surface area contributed by atoms with Crippen LogP contribution in [0.15, 0.2) is 24.3 Å². The fraction of sp³-hybridized carbons (Fsp3) is 0.529. The standard InChI is InChI=1S/C17H21N3O4/c1-10(15-8-11-5-6-12(15)7-11)18-16(21)17(22)19-13-3-2-4-14(9-13)20(23)24/h2-4,9-12,15H,5-8H2,1H3,(H,18,21)(H,19,22). The summed E-state index contributed by atoms with van der Waals surface area (Å²) < 4.78 is 0. The third-order valence-electron chi connectivity index (χ3n) is 5.31. The van der Waals surface area contributed by atoms with Gasteiger partial charge in [-0.3, -0.25) is 19.7 Å². The monoisotopic (exact) mass is 331 g/mol. The average molecular weight is 331 g/mol. The van der Waals surface area contributed by atoms with E-state index in [2.05, 4.69) is 10.6 Å². The van der Waals surface area contributed by atoms with Gasteiger partial charge in [0, 0.05) is 23.9 Å². The highest BCUT2D eigenvalue weighted by molar-refractivity contribution is 6.39. The maximum Gasteiger partial charge on any atom is 0.313 e. The van der Waals surface area contributed by atoms with Crippen molar-refractivity contribution in [2.75, 3.05) is 5.32 Å². The van der Waals surface area contributed by atoms with Gasteiger partial charge in [-0.15, -0.1) is 0 Å². The molecular weight excluding hydrogens is 310 g/mol. The number of hydrogen-bond donors (Lipinski definition) is 2. The molecule has 0 aliphatic heterocycles. The number of nitro groups is 1. The molecule has 1 aromatic rings. The molecule has 7 nitrogen and oxygen atoms in total. The summed E-state index contributed by atoms with van der Waals surface area (Å²) in [7, 11) is 0. The van der Waals surface area contributed by atoms with E-state index in [1.54, 1.807) is 0 Å². The van der Waals surface area contributed by atoms with Crippen LogP contribution in [0.25, 0.3) is 0 Å². The predicted molar refractivity (Wildman–Crippen MR) is 88.3 cm³/mol. The van der Waals surface area contributed by atoms with Gasteiger partial charge in [0.2, 0.25) is 0 Å². The SMILES string of the molecule is CC(NC(=O)C(=O)Nc1cccc([N+](=O)[O-])c1)C1CC2CCC1C2. The van der Waals surface area contributed by atoms with Crippen molar-refractivity contribution in [2.24, 2.45) is 17.8 Å². The first-order valence-electron chi connectivity index (χ1n) is 8.30. The lowest BCUT2D eigenvalue weighted by atomic mass is 9.84. The van der Waals surface area contributed by atoms with Crippen LogP contribution in [0.5, 0.6) is 0 Å². The van der Waals surface area contributed by atoms with E-state index in [4.69, 9.17) is 0 Å². The molecule has 4 unspecified atom stereocenters. The van der Waals surface area contributed by atoms with Crippen LogP contribution in [-0.2, 0) is 9.59 Å². The largest absolute Gasteiger partial charge is 0.345 e. The third kappa shape index (κ3) is 3.39. The van der Waals surface area contributed by atoms with Crippen molar-refractivity contribution >= 4 is 23.2 Å². The van der Waals surface area contributed by atoms with E-state index in [-0.39, 0.29) is 17.4 Å². The Hall–Kier alpha value is -2.44. The fourth-order valence-corrected chi connectivity index (χ4v) is 4.17. The van der Waals surface area contributed by atoms with E-state index >= 15 is 0 Å². The highest BCUT2D eigenvalue weighted by Gasteiger charge is 2.42. The van der Waals surface area contributed by atoms with Crippen LogP contribution in [0.3, 0.4) is 0 Å². The summed E-state index contributed by atoms with van der Waals surface area (Å²) in [5, 5.41) is 15.9. The topological polar surface area (TPSA) is 101 Å². The smallest absolute Gasteiger partial charge is 0.313 e. The van der Waals surface area contributed by atoms with Crippen molar-refractivity contribution in [3.63, 3.8) is 0 Å². The Morgan fingerprint density at radius 3 is 2.67 bits per heavy atom. The quantitative estimate of drug-likeness (QED) is 0.503. The number of benzene rings is 1. The second-order valence-corrected chi connectivity index (χ2v) is 6.86. The van der Waals surface area contributed by atoms with Crippen LogP contribution in [0, 0.1) is 27.9 Å². The molecule has 3 rings (SSSR count). The van der Waals surface area contributed by atoms with Crippen LogP contribution in [-0.4, -0.2) is 22.8 Å². The normalized spacial score (nSPS) is 26.0. The number of carbonyl (C=O) groups is 2. The molecule has 24 heavy (non-hydrogen) atoms. The molecule has 2 fully saturated rings. The molecule has 2 N–H and O–H groups in total. The summed E-state index contributed by atoms with van der Waals surface area (Å²) in [5.74, 6) is 0.378. The first-order chi connectivity index (χ1) is 11.4. The summed E-state index contributed by atoms with van der Waals surface area (Å²) in [6.45, 7) is 1.95. The van der Waals surface area contributed by atoms with Crippen LogP contribution in [0.4, 0.5) is 11.4 Å². The number of nitrogens with zero attached hydrogens (tertiary/aromatic N) is 1. The molecule has 2 amide bonds. The van der Waals surface area contributed by atoms with E-state index in [1.165, 1.54) is 43.5 Å². The van der Waals surface area contributed by atoms with Gasteiger partial charge in [-0.25, -0.2) is 0 Å². The summed E-state index contributed by atoms with van der Waals surface area (Å²) in [4.78, 5) is 34.3. The Balaban J connectivity index is 1.56. The van der Waals surface area contributed by atoms with Crippen molar-refractivity contribution in [1.29, 1.82) is 0 Å². The molecule has 0 spiro atoms. The van der Waals surface area contributed by atoms with Crippen LogP contribution in [0.2, 0.25) is 0 Å². The Labute approximate surface area is 140 Å². The lowest BCUT2D eigenvalue weighted by Gasteiger charge is -2.28. The van der Waals surface area contributed by atoms with Gasteiger partial charge in [0.15, 0.2) is 0 Å². The zero-order valence-electron chi connectivity index (χ0n) is 13.5. The van der Waals surface area contributed by atoms with Gasteiger partial charge in [-0.2, -0.15) is 0 Å². The lowest BCUT2D eigenvalue weighted by molar-refractivity contribution is -0.384. The number of amides is 2. The molecule has 0 heterocycles. The molecular formula is C17H21N3O4. The summed E-state index contributed by atoms with van der Waals surface area (Å²) in [6.07, 6.45) is 4.87. The number of nitro benzene ring substituents is 1. The van der Waals surface area contributed by atoms with Crippen molar-refractivity contribution in [3.05, 3.63) is 34.4 Å². The molecule has 2 bridgehead atoms. The zero-order chi connectivity index (χ0) is 17.3. The van der Waals surface area contributed by atoms with E-state index in [0.29, 0.717) is 11.8 Å². The van der Waals surface area contributed by atoms with Gasteiger partial charge in [0.1, 0.15) is 0 Å². The van der Waals surface area contributed by atoms with Crippen molar-refractivity contribution in [3.8, 4) is 0 Å². The maximum atomic E-state index is 12.1. The maximum absolute atomic E-state index is 12.1. The molecule has 2 aliphatic carbocycles. The number of carbonyl (C=O) groups excluding carboxylic acids is 2. The molecule has 128 valence electrons. The summed E-state index contributed by atoms with van der Waals surface area (Å²) >= 11 is 0. The highest BCUT2D eigenvalue weighted by atomic mass is 16.6. The molecule has 1 aromatic carbocycles. The van der Waals surface area contributed by atoms with Crippen LogP contribution >= 0.6 is 0 Å². The Morgan fingerprint density at radius 2 is 2.04 bits per heavy atom. The fourth-order valence-electron chi connectivity index (χ4n) is 4.17. The average Bonchev–Trinajstić information content (AvgIpc) is 3.18. The molecule has 4 atom stereocenters. The van der Waals surface area contributed by atoms with Crippen molar-refractivity contribution < 1.29 is 14.5 Å². The number of anilines is 1. The van der Waals surface area contributed by atoms with Crippen molar-refractivity contribution in [1.82, 2.24) is 5.32 Å². The first kappa shape index (κ1) is 16.4.